The predicted octanol–water partition coefficient (Wildman–Crippen LogP) is 2.06. The molecule has 1 heterocycles. The third-order valence-corrected chi connectivity index (χ3v) is 2.46. The van der Waals surface area contributed by atoms with Crippen molar-refractivity contribution in [1.82, 2.24) is 10.2 Å². The van der Waals surface area contributed by atoms with Crippen LogP contribution in [-0.2, 0) is 0 Å². The number of hydrogen-bond acceptors (Lipinski definition) is 3. The first kappa shape index (κ1) is 12.3. The lowest BCUT2D eigenvalue weighted by molar-refractivity contribution is 0.0690. The Balaban J connectivity index is 2.25. The van der Waals surface area contributed by atoms with E-state index in [0.717, 1.165) is 11.1 Å². The second-order valence-corrected chi connectivity index (χ2v) is 3.83. The van der Waals surface area contributed by atoms with Gasteiger partial charge in [-0.05, 0) is 18.2 Å². The normalized spacial score (nSPS) is 9.61. The number of benzene rings is 1. The van der Waals surface area contributed by atoms with E-state index < -0.39 is 5.97 Å². The van der Waals surface area contributed by atoms with E-state index in [4.69, 9.17) is 5.11 Å². The number of carbonyl (C=O) groups is 1. The fourth-order valence-electron chi connectivity index (χ4n) is 1.45. The molecule has 0 aliphatic rings. The van der Waals surface area contributed by atoms with Crippen LogP contribution < -0.4 is 0 Å². The number of H-pyrrole nitrogens is 1. The first-order valence-corrected chi connectivity index (χ1v) is 5.83. The number of nitrogens with one attached hydrogen (secondary N) is 1. The van der Waals surface area contributed by atoms with Crippen LogP contribution in [0.5, 0.6) is 0 Å². The second-order valence-electron chi connectivity index (χ2n) is 3.51. The highest BCUT2D eigenvalue weighted by Gasteiger charge is 2.08. The van der Waals surface area contributed by atoms with Crippen LogP contribution in [0.25, 0.3) is 11.3 Å². The molecule has 0 radical (unpaired) electrons. The van der Waals surface area contributed by atoms with Gasteiger partial charge in [0, 0.05) is 11.1 Å². The quantitative estimate of drug-likeness (QED) is 0.570. The largest absolute Gasteiger partial charge is 0.477 e. The number of nitrogens with zero attached hydrogens (tertiary/aromatic N) is 1. The monoisotopic (exact) mass is 258 g/mol. The summed E-state index contributed by atoms with van der Waals surface area (Å²) in [5, 5.41) is 15.2. The molecule has 0 saturated carbocycles. The Kier molecular flexibility index (Phi) is 3.70. The van der Waals surface area contributed by atoms with E-state index in [1.807, 2.05) is 24.3 Å². The van der Waals surface area contributed by atoms with Crippen LogP contribution in [0.15, 0.2) is 30.3 Å². The van der Waals surface area contributed by atoms with Crippen LogP contribution >= 0.6 is 12.6 Å². The molecule has 0 amide bonds. The number of carboxylic acid groups (broad SMARTS) is 1. The predicted molar refractivity (Wildman–Crippen MR) is 71.7 cm³/mol. The van der Waals surface area contributed by atoms with Gasteiger partial charge in [-0.15, -0.1) is 0 Å². The maximum Gasteiger partial charge on any atom is 0.353 e. The number of carboxylic acids is 1. The third-order valence-electron chi connectivity index (χ3n) is 2.30. The molecule has 90 valence electrons. The summed E-state index contributed by atoms with van der Waals surface area (Å²) in [6.45, 7) is 0. The minimum Gasteiger partial charge on any atom is -0.477 e. The lowest BCUT2D eigenvalue weighted by Gasteiger charge is -1.95. The number of aromatic nitrogens is 2. The van der Waals surface area contributed by atoms with Gasteiger partial charge in [-0.3, -0.25) is 5.10 Å². The van der Waals surface area contributed by atoms with E-state index in [9.17, 15) is 4.79 Å². The van der Waals surface area contributed by atoms with E-state index >= 15 is 0 Å². The van der Waals surface area contributed by atoms with Crippen molar-refractivity contribution in [2.75, 3.05) is 5.75 Å². The van der Waals surface area contributed by atoms with E-state index in [1.165, 1.54) is 6.07 Å². The summed E-state index contributed by atoms with van der Waals surface area (Å²) in [6, 6.07) is 8.92. The molecule has 0 fully saturated rings. The zero-order chi connectivity index (χ0) is 13.0. The standard InChI is InChI=1S/C13H10N2O2S/c16-13(17)12-8-11(14-15-12)10-5-3-9(4-6-10)2-1-7-18/h3-6,8,18H,7H2,(H,14,15)(H,16,17). The molecule has 4 nitrogen and oxygen atoms in total. The van der Waals surface area contributed by atoms with Crippen molar-refractivity contribution in [1.29, 1.82) is 0 Å². The molecule has 0 spiro atoms. The Labute approximate surface area is 109 Å². The van der Waals surface area contributed by atoms with E-state index in [1.54, 1.807) is 0 Å². The number of hydrogen-bond donors (Lipinski definition) is 3. The first-order valence-electron chi connectivity index (χ1n) is 5.19. The number of rotatable bonds is 2. The molecule has 1 aromatic heterocycles. The Hall–Kier alpha value is -2.19. The van der Waals surface area contributed by atoms with Gasteiger partial charge in [-0.25, -0.2) is 4.79 Å². The molecule has 18 heavy (non-hydrogen) atoms. The summed E-state index contributed by atoms with van der Waals surface area (Å²) in [6.07, 6.45) is 0. The summed E-state index contributed by atoms with van der Waals surface area (Å²) in [5.41, 5.74) is 2.40. The molecule has 0 aliphatic carbocycles. The smallest absolute Gasteiger partial charge is 0.353 e. The molecule has 0 unspecified atom stereocenters. The van der Waals surface area contributed by atoms with Gasteiger partial charge in [-0.2, -0.15) is 17.7 Å². The van der Waals surface area contributed by atoms with E-state index in [0.29, 0.717) is 11.4 Å². The summed E-state index contributed by atoms with van der Waals surface area (Å²) < 4.78 is 0. The minimum absolute atomic E-state index is 0.0731. The van der Waals surface area contributed by atoms with Crippen LogP contribution in [0, 0.1) is 11.8 Å². The topological polar surface area (TPSA) is 66.0 Å². The Morgan fingerprint density at radius 1 is 1.39 bits per heavy atom. The number of aromatic amines is 1. The van der Waals surface area contributed by atoms with Gasteiger partial charge in [-0.1, -0.05) is 24.0 Å². The Bertz CT molecular complexity index is 620. The van der Waals surface area contributed by atoms with Gasteiger partial charge < -0.3 is 5.11 Å². The lowest BCUT2D eigenvalue weighted by atomic mass is 10.1. The molecule has 2 aromatic rings. The van der Waals surface area contributed by atoms with Crippen LogP contribution in [0.1, 0.15) is 16.1 Å². The first-order chi connectivity index (χ1) is 8.70. The van der Waals surface area contributed by atoms with Crippen LogP contribution in [0.3, 0.4) is 0 Å². The fourth-order valence-corrected chi connectivity index (χ4v) is 1.52. The SMILES string of the molecule is O=C(O)c1cc(-c2ccc(C#CCS)cc2)n[nH]1. The molecule has 5 heteroatoms. The highest BCUT2D eigenvalue weighted by Crippen LogP contribution is 2.18. The van der Waals surface area contributed by atoms with Crippen molar-refractivity contribution in [3.63, 3.8) is 0 Å². The molecule has 0 saturated heterocycles. The molecule has 0 bridgehead atoms. The summed E-state index contributed by atoms with van der Waals surface area (Å²) in [5.74, 6) is 5.30. The fraction of sp³-hybridized carbons (Fsp3) is 0.0769. The maximum atomic E-state index is 10.7. The molecule has 2 rings (SSSR count). The average Bonchev–Trinajstić information content (AvgIpc) is 2.87. The van der Waals surface area contributed by atoms with Crippen LogP contribution in [-0.4, -0.2) is 27.0 Å². The van der Waals surface area contributed by atoms with Gasteiger partial charge in [0.05, 0.1) is 11.4 Å². The molecular weight excluding hydrogens is 248 g/mol. The summed E-state index contributed by atoms with van der Waals surface area (Å²) in [4.78, 5) is 10.7. The number of thiol groups is 1. The van der Waals surface area contributed by atoms with Crippen LogP contribution in [0.2, 0.25) is 0 Å². The molecule has 2 N–H and O–H groups in total. The highest BCUT2D eigenvalue weighted by molar-refractivity contribution is 7.80. The van der Waals surface area contributed by atoms with Crippen molar-refractivity contribution in [3.8, 4) is 23.1 Å². The second kappa shape index (κ2) is 5.43. The van der Waals surface area contributed by atoms with Crippen molar-refractivity contribution >= 4 is 18.6 Å². The minimum atomic E-state index is -1.02. The van der Waals surface area contributed by atoms with Crippen molar-refractivity contribution < 1.29 is 9.90 Å². The highest BCUT2D eigenvalue weighted by atomic mass is 32.1. The van der Waals surface area contributed by atoms with E-state index in [2.05, 4.69) is 34.7 Å². The van der Waals surface area contributed by atoms with Gasteiger partial charge >= 0.3 is 5.97 Å². The molecular formula is C13H10N2O2S. The summed E-state index contributed by atoms with van der Waals surface area (Å²) >= 11 is 4.01. The number of aromatic carboxylic acids is 1. The van der Waals surface area contributed by atoms with Crippen molar-refractivity contribution in [2.45, 2.75) is 0 Å². The zero-order valence-electron chi connectivity index (χ0n) is 9.34. The van der Waals surface area contributed by atoms with Gasteiger partial charge in [0.25, 0.3) is 0 Å². The van der Waals surface area contributed by atoms with Gasteiger partial charge in [0.1, 0.15) is 5.69 Å². The van der Waals surface area contributed by atoms with Crippen LogP contribution in [0.4, 0.5) is 0 Å². The lowest BCUT2D eigenvalue weighted by Crippen LogP contribution is -1.95. The average molecular weight is 258 g/mol. The summed E-state index contributed by atoms with van der Waals surface area (Å²) in [7, 11) is 0. The Morgan fingerprint density at radius 2 is 2.11 bits per heavy atom. The zero-order valence-corrected chi connectivity index (χ0v) is 10.2. The maximum absolute atomic E-state index is 10.7. The molecule has 0 aliphatic heterocycles. The van der Waals surface area contributed by atoms with Gasteiger partial charge in [0.15, 0.2) is 0 Å². The third kappa shape index (κ3) is 2.73. The van der Waals surface area contributed by atoms with Crippen molar-refractivity contribution in [3.05, 3.63) is 41.6 Å². The molecule has 1 aromatic carbocycles. The van der Waals surface area contributed by atoms with Crippen molar-refractivity contribution in [2.24, 2.45) is 0 Å². The molecule has 0 atom stereocenters. The Morgan fingerprint density at radius 3 is 2.67 bits per heavy atom. The van der Waals surface area contributed by atoms with E-state index in [-0.39, 0.29) is 5.69 Å². The van der Waals surface area contributed by atoms with Gasteiger partial charge in [0.2, 0.25) is 0 Å².